The van der Waals surface area contributed by atoms with Gasteiger partial charge in [0.2, 0.25) is 0 Å². The van der Waals surface area contributed by atoms with Gasteiger partial charge in [0, 0.05) is 24.3 Å². The van der Waals surface area contributed by atoms with E-state index in [2.05, 4.69) is 26.3 Å². The fourth-order valence-corrected chi connectivity index (χ4v) is 3.19. The van der Waals surface area contributed by atoms with Crippen molar-refractivity contribution in [3.63, 3.8) is 0 Å². The van der Waals surface area contributed by atoms with E-state index in [4.69, 9.17) is 0 Å². The maximum atomic E-state index is 12.6. The standard InChI is InChI=1S/C16H18BrN3O/c1-3-20-14(16(17)10(2)19-20)9-15(21)12-4-5-13-11(8-12)6-7-18-13/h4-5,8,18H,3,6-7,9H2,1-2H3. The third kappa shape index (κ3) is 2.62. The Bertz CT molecular complexity index is 706. The lowest BCUT2D eigenvalue weighted by atomic mass is 10.0. The van der Waals surface area contributed by atoms with E-state index in [0.29, 0.717) is 6.42 Å². The van der Waals surface area contributed by atoms with E-state index >= 15 is 0 Å². The van der Waals surface area contributed by atoms with Crippen LogP contribution >= 0.6 is 15.9 Å². The summed E-state index contributed by atoms with van der Waals surface area (Å²) in [7, 11) is 0. The number of ketones is 1. The zero-order chi connectivity index (χ0) is 15.0. The minimum absolute atomic E-state index is 0.139. The molecule has 0 saturated heterocycles. The number of Topliss-reactive ketones (excluding diaryl/α,β-unsaturated/α-hetero) is 1. The van der Waals surface area contributed by atoms with E-state index in [0.717, 1.165) is 46.6 Å². The predicted molar refractivity (Wildman–Crippen MR) is 87.0 cm³/mol. The SMILES string of the molecule is CCn1nc(C)c(Br)c1CC(=O)c1ccc2c(c1)CCN2. The highest BCUT2D eigenvalue weighted by atomic mass is 79.9. The lowest BCUT2D eigenvalue weighted by Gasteiger charge is -2.07. The second-order valence-electron chi connectivity index (χ2n) is 5.31. The number of anilines is 1. The molecule has 0 spiro atoms. The highest BCUT2D eigenvalue weighted by Gasteiger charge is 2.18. The summed E-state index contributed by atoms with van der Waals surface area (Å²) in [4.78, 5) is 12.6. The zero-order valence-electron chi connectivity index (χ0n) is 12.2. The van der Waals surface area contributed by atoms with E-state index in [1.807, 2.05) is 36.7 Å². The van der Waals surface area contributed by atoms with Gasteiger partial charge in [-0.1, -0.05) is 0 Å². The first-order valence-corrected chi connectivity index (χ1v) is 8.01. The molecule has 1 aromatic heterocycles. The van der Waals surface area contributed by atoms with Crippen LogP contribution in [0.15, 0.2) is 22.7 Å². The van der Waals surface area contributed by atoms with Crippen LogP contribution in [0.2, 0.25) is 0 Å². The van der Waals surface area contributed by atoms with Gasteiger partial charge >= 0.3 is 0 Å². The number of nitrogens with one attached hydrogen (secondary N) is 1. The third-order valence-electron chi connectivity index (χ3n) is 3.92. The fraction of sp³-hybridized carbons (Fsp3) is 0.375. The van der Waals surface area contributed by atoms with Gasteiger partial charge in [-0.3, -0.25) is 9.48 Å². The first kappa shape index (κ1) is 14.3. The van der Waals surface area contributed by atoms with Gasteiger partial charge in [-0.15, -0.1) is 0 Å². The van der Waals surface area contributed by atoms with E-state index in [1.54, 1.807) is 0 Å². The van der Waals surface area contributed by atoms with Crippen molar-refractivity contribution in [2.24, 2.45) is 0 Å². The Morgan fingerprint density at radius 1 is 1.48 bits per heavy atom. The van der Waals surface area contributed by atoms with Crippen LogP contribution in [0.1, 0.15) is 34.2 Å². The summed E-state index contributed by atoms with van der Waals surface area (Å²) in [5, 5.41) is 7.75. The number of nitrogens with zero attached hydrogens (tertiary/aromatic N) is 2. The Labute approximate surface area is 132 Å². The maximum Gasteiger partial charge on any atom is 0.168 e. The fourth-order valence-electron chi connectivity index (χ4n) is 2.77. The van der Waals surface area contributed by atoms with Gasteiger partial charge in [0.15, 0.2) is 5.78 Å². The molecule has 1 aliphatic rings. The van der Waals surface area contributed by atoms with Crippen LogP contribution in [0.25, 0.3) is 0 Å². The number of carbonyl (C=O) groups is 1. The van der Waals surface area contributed by atoms with Crippen molar-refractivity contribution in [2.45, 2.75) is 33.2 Å². The molecule has 0 fully saturated rings. The molecular weight excluding hydrogens is 330 g/mol. The van der Waals surface area contributed by atoms with Crippen molar-refractivity contribution in [1.29, 1.82) is 0 Å². The highest BCUT2D eigenvalue weighted by molar-refractivity contribution is 9.10. The van der Waals surface area contributed by atoms with E-state index in [9.17, 15) is 4.79 Å². The van der Waals surface area contributed by atoms with Gasteiger partial charge in [-0.05, 0) is 60.0 Å². The zero-order valence-corrected chi connectivity index (χ0v) is 13.8. The molecule has 1 aliphatic heterocycles. The molecule has 0 aliphatic carbocycles. The average molecular weight is 348 g/mol. The highest BCUT2D eigenvalue weighted by Crippen LogP contribution is 2.26. The molecule has 1 aromatic carbocycles. The maximum absolute atomic E-state index is 12.6. The molecule has 2 aromatic rings. The van der Waals surface area contributed by atoms with Gasteiger partial charge in [0.25, 0.3) is 0 Å². The van der Waals surface area contributed by atoms with Crippen LogP contribution in [-0.2, 0) is 19.4 Å². The summed E-state index contributed by atoms with van der Waals surface area (Å²) >= 11 is 3.55. The van der Waals surface area contributed by atoms with Crippen molar-refractivity contribution >= 4 is 27.4 Å². The van der Waals surface area contributed by atoms with Crippen LogP contribution in [0, 0.1) is 6.92 Å². The molecule has 0 bridgehead atoms. The number of benzene rings is 1. The number of fused-ring (bicyclic) bond motifs is 1. The normalized spacial score (nSPS) is 13.1. The summed E-state index contributed by atoms with van der Waals surface area (Å²) in [6, 6.07) is 5.94. The Balaban J connectivity index is 1.87. The summed E-state index contributed by atoms with van der Waals surface area (Å²) in [6.45, 7) is 5.71. The number of hydrogen-bond donors (Lipinski definition) is 1. The number of carbonyl (C=O) groups excluding carboxylic acids is 1. The summed E-state index contributed by atoms with van der Waals surface area (Å²) in [5.74, 6) is 0.139. The quantitative estimate of drug-likeness (QED) is 0.862. The Morgan fingerprint density at radius 3 is 3.05 bits per heavy atom. The molecule has 2 heterocycles. The van der Waals surface area contributed by atoms with Crippen LogP contribution in [0.4, 0.5) is 5.69 Å². The second kappa shape index (κ2) is 5.64. The van der Waals surface area contributed by atoms with Gasteiger partial charge in [-0.2, -0.15) is 5.10 Å². The van der Waals surface area contributed by atoms with Gasteiger partial charge in [0.05, 0.1) is 22.3 Å². The first-order valence-electron chi connectivity index (χ1n) is 7.22. The average Bonchev–Trinajstić information content (AvgIpc) is 3.05. The lowest BCUT2D eigenvalue weighted by Crippen LogP contribution is -2.10. The minimum Gasteiger partial charge on any atom is -0.384 e. The van der Waals surface area contributed by atoms with Crippen LogP contribution in [-0.4, -0.2) is 22.1 Å². The number of rotatable bonds is 4. The van der Waals surface area contributed by atoms with E-state index in [-0.39, 0.29) is 5.78 Å². The molecular formula is C16H18BrN3O. The molecule has 0 amide bonds. The number of halogens is 1. The van der Waals surface area contributed by atoms with Crippen LogP contribution in [0.3, 0.4) is 0 Å². The second-order valence-corrected chi connectivity index (χ2v) is 6.10. The monoisotopic (exact) mass is 347 g/mol. The summed E-state index contributed by atoms with van der Waals surface area (Å²) in [6.07, 6.45) is 1.37. The van der Waals surface area contributed by atoms with Gasteiger partial charge < -0.3 is 5.32 Å². The number of aromatic nitrogens is 2. The van der Waals surface area contributed by atoms with Gasteiger partial charge in [-0.25, -0.2) is 0 Å². The van der Waals surface area contributed by atoms with Crippen LogP contribution in [0.5, 0.6) is 0 Å². The third-order valence-corrected chi connectivity index (χ3v) is 4.95. The summed E-state index contributed by atoms with van der Waals surface area (Å²) in [5.41, 5.74) is 5.06. The minimum atomic E-state index is 0.139. The lowest BCUT2D eigenvalue weighted by molar-refractivity contribution is 0.0990. The molecule has 3 rings (SSSR count). The topological polar surface area (TPSA) is 46.9 Å². The predicted octanol–water partition coefficient (Wildman–Crippen LogP) is 3.37. The smallest absolute Gasteiger partial charge is 0.168 e. The molecule has 110 valence electrons. The van der Waals surface area contributed by atoms with Crippen molar-refractivity contribution in [3.05, 3.63) is 45.2 Å². The van der Waals surface area contributed by atoms with Crippen molar-refractivity contribution < 1.29 is 4.79 Å². The number of hydrogen-bond acceptors (Lipinski definition) is 3. The Hall–Kier alpha value is -1.62. The van der Waals surface area contributed by atoms with Gasteiger partial charge in [0.1, 0.15) is 0 Å². The summed E-state index contributed by atoms with van der Waals surface area (Å²) < 4.78 is 2.84. The van der Waals surface area contributed by atoms with Crippen LogP contribution < -0.4 is 5.32 Å². The van der Waals surface area contributed by atoms with E-state index in [1.165, 1.54) is 5.56 Å². The molecule has 0 unspecified atom stereocenters. The molecule has 4 nitrogen and oxygen atoms in total. The molecule has 0 atom stereocenters. The molecule has 1 N–H and O–H groups in total. The molecule has 5 heteroatoms. The molecule has 21 heavy (non-hydrogen) atoms. The molecule has 0 saturated carbocycles. The Morgan fingerprint density at radius 2 is 2.29 bits per heavy atom. The largest absolute Gasteiger partial charge is 0.384 e. The number of aryl methyl sites for hydroxylation is 2. The van der Waals surface area contributed by atoms with Crippen molar-refractivity contribution in [2.75, 3.05) is 11.9 Å². The Kier molecular flexibility index (Phi) is 3.85. The molecule has 0 radical (unpaired) electrons. The first-order chi connectivity index (χ1) is 10.1. The van der Waals surface area contributed by atoms with Crippen molar-refractivity contribution in [3.8, 4) is 0 Å². The van der Waals surface area contributed by atoms with Crippen molar-refractivity contribution in [1.82, 2.24) is 9.78 Å². The van der Waals surface area contributed by atoms with E-state index < -0.39 is 0 Å².